The second kappa shape index (κ2) is 5.04. The molecule has 0 unspecified atom stereocenters. The van der Waals surface area contributed by atoms with Gasteiger partial charge in [-0.25, -0.2) is 13.2 Å². The van der Waals surface area contributed by atoms with Gasteiger partial charge in [-0.15, -0.1) is 0 Å². The van der Waals surface area contributed by atoms with E-state index in [1.165, 1.54) is 16.4 Å². The van der Waals surface area contributed by atoms with Crippen LogP contribution in [0.4, 0.5) is 5.69 Å². The van der Waals surface area contributed by atoms with Crippen LogP contribution in [0.5, 0.6) is 0 Å². The van der Waals surface area contributed by atoms with Crippen molar-refractivity contribution in [2.45, 2.75) is 12.8 Å². The zero-order valence-electron chi connectivity index (χ0n) is 9.47. The number of carboxylic acid groups (broad SMARTS) is 1. The summed E-state index contributed by atoms with van der Waals surface area (Å²) in [7, 11) is -3.30. The normalized spacial score (nSPS) is 18.6. The summed E-state index contributed by atoms with van der Waals surface area (Å²) in [6, 6.07) is 4.62. The smallest absolute Gasteiger partial charge is 0.335 e. The number of carbonyl (C=O) groups is 1. The summed E-state index contributed by atoms with van der Waals surface area (Å²) in [5, 5.41) is 8.99. The highest BCUT2D eigenvalue weighted by Crippen LogP contribution is 2.26. The Morgan fingerprint density at radius 1 is 1.28 bits per heavy atom. The minimum Gasteiger partial charge on any atom is -0.478 e. The number of carboxylic acids is 1. The number of anilines is 1. The summed E-state index contributed by atoms with van der Waals surface area (Å²) in [4.78, 5) is 11.0. The molecule has 1 N–H and O–H groups in total. The van der Waals surface area contributed by atoms with Crippen LogP contribution in [0.15, 0.2) is 18.2 Å². The minimum absolute atomic E-state index is 0.109. The summed E-state index contributed by atoms with van der Waals surface area (Å²) < 4.78 is 25.9. The fourth-order valence-corrected chi connectivity index (χ4v) is 4.20. The van der Waals surface area contributed by atoms with Crippen LogP contribution in [0.25, 0.3) is 0 Å². The van der Waals surface area contributed by atoms with Crippen molar-refractivity contribution >= 4 is 44.3 Å². The number of aromatic carboxylic acids is 1. The SMILES string of the molecule is O=C(O)c1cc(I)cc(N2CCCCS2(=O)=O)c1. The van der Waals surface area contributed by atoms with Gasteiger partial charge in [0.1, 0.15) is 0 Å². The second-order valence-electron chi connectivity index (χ2n) is 4.10. The monoisotopic (exact) mass is 381 g/mol. The average molecular weight is 381 g/mol. The minimum atomic E-state index is -3.30. The Bertz CT molecular complexity index is 585. The summed E-state index contributed by atoms with van der Waals surface area (Å²) >= 11 is 1.99. The van der Waals surface area contributed by atoms with Gasteiger partial charge in [0, 0.05) is 10.1 Å². The van der Waals surface area contributed by atoms with Gasteiger partial charge >= 0.3 is 5.97 Å². The van der Waals surface area contributed by atoms with Crippen molar-refractivity contribution in [3.8, 4) is 0 Å². The van der Waals surface area contributed by atoms with Gasteiger partial charge in [0.05, 0.1) is 17.0 Å². The molecular formula is C11H12INO4S. The van der Waals surface area contributed by atoms with Gasteiger partial charge in [-0.2, -0.15) is 0 Å². The molecule has 0 atom stereocenters. The van der Waals surface area contributed by atoms with Gasteiger partial charge in [-0.1, -0.05) is 0 Å². The molecule has 0 spiro atoms. The molecule has 0 amide bonds. The van der Waals surface area contributed by atoms with E-state index in [9.17, 15) is 13.2 Å². The van der Waals surface area contributed by atoms with Crippen LogP contribution in [0.3, 0.4) is 0 Å². The molecule has 0 bridgehead atoms. The molecule has 0 aliphatic carbocycles. The molecule has 1 saturated heterocycles. The van der Waals surface area contributed by atoms with Crippen LogP contribution >= 0.6 is 22.6 Å². The maximum Gasteiger partial charge on any atom is 0.335 e. The standard InChI is InChI=1S/C11H12INO4S/c12-9-5-8(11(14)15)6-10(7-9)13-3-1-2-4-18(13,16)17/h5-7H,1-4H2,(H,14,15). The maximum absolute atomic E-state index is 12.0. The quantitative estimate of drug-likeness (QED) is 0.795. The first-order valence-corrected chi connectivity index (χ1v) is 8.13. The van der Waals surface area contributed by atoms with Crippen molar-refractivity contribution in [1.82, 2.24) is 0 Å². The van der Waals surface area contributed by atoms with E-state index in [1.54, 1.807) is 6.07 Å². The van der Waals surface area contributed by atoms with Crippen molar-refractivity contribution in [2.75, 3.05) is 16.6 Å². The molecule has 98 valence electrons. The lowest BCUT2D eigenvalue weighted by molar-refractivity contribution is 0.0697. The highest BCUT2D eigenvalue weighted by atomic mass is 127. The van der Waals surface area contributed by atoms with Gasteiger partial charge in [-0.3, -0.25) is 4.31 Å². The highest BCUT2D eigenvalue weighted by molar-refractivity contribution is 14.1. The molecule has 18 heavy (non-hydrogen) atoms. The molecule has 1 aliphatic heterocycles. The van der Waals surface area contributed by atoms with Crippen LogP contribution in [0.2, 0.25) is 0 Å². The molecule has 1 aromatic carbocycles. The molecule has 7 heteroatoms. The van der Waals surface area contributed by atoms with Crippen molar-refractivity contribution < 1.29 is 18.3 Å². The molecule has 0 saturated carbocycles. The lowest BCUT2D eigenvalue weighted by Gasteiger charge is -2.28. The first-order chi connectivity index (χ1) is 8.40. The Balaban J connectivity index is 2.47. The Morgan fingerprint density at radius 2 is 2.00 bits per heavy atom. The van der Waals surface area contributed by atoms with Crippen LogP contribution < -0.4 is 4.31 Å². The highest BCUT2D eigenvalue weighted by Gasteiger charge is 2.26. The summed E-state index contributed by atoms with van der Waals surface area (Å²) in [5.74, 6) is -0.926. The van der Waals surface area contributed by atoms with Crippen molar-refractivity contribution in [3.05, 3.63) is 27.3 Å². The molecular weight excluding hydrogens is 369 g/mol. The molecule has 1 heterocycles. The number of hydrogen-bond donors (Lipinski definition) is 1. The zero-order valence-corrected chi connectivity index (χ0v) is 12.4. The first kappa shape index (κ1) is 13.6. The number of benzene rings is 1. The largest absolute Gasteiger partial charge is 0.478 e. The zero-order chi connectivity index (χ0) is 13.3. The Hall–Kier alpha value is -0.830. The van der Waals surface area contributed by atoms with E-state index >= 15 is 0 Å². The van der Waals surface area contributed by atoms with E-state index in [0.29, 0.717) is 22.2 Å². The van der Waals surface area contributed by atoms with Crippen LogP contribution in [-0.4, -0.2) is 31.8 Å². The topological polar surface area (TPSA) is 74.7 Å². The van der Waals surface area contributed by atoms with E-state index in [2.05, 4.69) is 0 Å². The van der Waals surface area contributed by atoms with Crippen molar-refractivity contribution in [1.29, 1.82) is 0 Å². The number of rotatable bonds is 2. The Morgan fingerprint density at radius 3 is 2.61 bits per heavy atom. The number of hydrogen-bond acceptors (Lipinski definition) is 3. The Kier molecular flexibility index (Phi) is 3.81. The molecule has 5 nitrogen and oxygen atoms in total. The third kappa shape index (κ3) is 2.77. The predicted molar refractivity (Wildman–Crippen MR) is 76.5 cm³/mol. The molecule has 0 aromatic heterocycles. The molecule has 1 aromatic rings. The van der Waals surface area contributed by atoms with Crippen LogP contribution in [0, 0.1) is 3.57 Å². The van der Waals surface area contributed by atoms with Crippen LogP contribution in [0.1, 0.15) is 23.2 Å². The summed E-state index contributed by atoms with van der Waals surface area (Å²) in [5.41, 5.74) is 0.552. The van der Waals surface area contributed by atoms with E-state index in [0.717, 1.165) is 6.42 Å². The van der Waals surface area contributed by atoms with E-state index in [-0.39, 0.29) is 11.3 Å². The molecule has 1 fully saturated rings. The number of sulfonamides is 1. The van der Waals surface area contributed by atoms with Crippen molar-refractivity contribution in [2.24, 2.45) is 0 Å². The lowest BCUT2D eigenvalue weighted by Crippen LogP contribution is -2.38. The number of nitrogens with zero attached hydrogens (tertiary/aromatic N) is 1. The van der Waals surface area contributed by atoms with Gasteiger partial charge in [-0.05, 0) is 53.6 Å². The molecule has 2 rings (SSSR count). The first-order valence-electron chi connectivity index (χ1n) is 5.44. The third-order valence-corrected chi connectivity index (χ3v) is 5.26. The average Bonchev–Trinajstić information content (AvgIpc) is 2.27. The lowest BCUT2D eigenvalue weighted by atomic mass is 10.2. The van der Waals surface area contributed by atoms with Gasteiger partial charge in [0.25, 0.3) is 0 Å². The fourth-order valence-electron chi connectivity index (χ4n) is 1.92. The summed E-state index contributed by atoms with van der Waals surface area (Å²) in [6.07, 6.45) is 1.46. The third-order valence-electron chi connectivity index (χ3n) is 2.77. The second-order valence-corrected chi connectivity index (χ2v) is 7.36. The van der Waals surface area contributed by atoms with E-state index in [1.807, 2.05) is 22.6 Å². The van der Waals surface area contributed by atoms with E-state index < -0.39 is 16.0 Å². The Labute approximate surface area is 119 Å². The fraction of sp³-hybridized carbons (Fsp3) is 0.364. The summed E-state index contributed by atoms with van der Waals surface area (Å²) in [6.45, 7) is 0.418. The molecule has 1 aliphatic rings. The predicted octanol–water partition coefficient (Wildman–Crippen LogP) is 1.92. The molecule has 0 radical (unpaired) electrons. The van der Waals surface area contributed by atoms with Gasteiger partial charge < -0.3 is 5.11 Å². The van der Waals surface area contributed by atoms with Crippen molar-refractivity contribution in [3.63, 3.8) is 0 Å². The van der Waals surface area contributed by atoms with Gasteiger partial charge in [0.15, 0.2) is 0 Å². The van der Waals surface area contributed by atoms with Crippen LogP contribution in [-0.2, 0) is 10.0 Å². The van der Waals surface area contributed by atoms with Gasteiger partial charge in [0.2, 0.25) is 10.0 Å². The van der Waals surface area contributed by atoms with E-state index in [4.69, 9.17) is 5.11 Å². The maximum atomic E-state index is 12.0. The number of halogens is 1.